The van der Waals surface area contributed by atoms with Crippen LogP contribution in [-0.2, 0) is 20.5 Å². The van der Waals surface area contributed by atoms with Crippen molar-refractivity contribution in [2.45, 2.75) is 12.8 Å². The monoisotopic (exact) mass is 441 g/mol. The molecule has 0 fully saturated rings. The second-order valence-electron chi connectivity index (χ2n) is 7.69. The molecule has 0 radical (unpaired) electrons. The molecule has 4 heterocycles. The Hall–Kier alpha value is -4.27. The number of rotatable bonds is 7. The summed E-state index contributed by atoms with van der Waals surface area (Å²) < 4.78 is 11.2. The van der Waals surface area contributed by atoms with Crippen LogP contribution in [0.25, 0.3) is 28.2 Å². The summed E-state index contributed by atoms with van der Waals surface area (Å²) in [6.07, 6.45) is 6.44. The van der Waals surface area contributed by atoms with Gasteiger partial charge in [0.25, 0.3) is 5.43 Å². The molecule has 0 aliphatic heterocycles. The molecule has 0 aliphatic rings. The molecule has 0 spiro atoms. The minimum Gasteiger partial charge on any atom is -0.488 e. The lowest BCUT2D eigenvalue weighted by Gasteiger charge is -2.11. The van der Waals surface area contributed by atoms with E-state index in [1.165, 1.54) is 0 Å². The number of para-hydroxylation sites is 1. The van der Waals surface area contributed by atoms with E-state index in [-0.39, 0.29) is 16.9 Å². The molecule has 4 aromatic heterocycles. The van der Waals surface area contributed by atoms with Crippen molar-refractivity contribution in [3.8, 4) is 22.8 Å². The van der Waals surface area contributed by atoms with Crippen LogP contribution in [0.1, 0.15) is 12.2 Å². The molecule has 1 aromatic carbocycles. The first-order valence-corrected chi connectivity index (χ1v) is 10.7. The Morgan fingerprint density at radius 3 is 2.67 bits per heavy atom. The van der Waals surface area contributed by atoms with Crippen molar-refractivity contribution in [3.63, 3.8) is 0 Å². The predicted octanol–water partition coefficient (Wildman–Crippen LogP) is 2.93. The fourth-order valence-electron chi connectivity index (χ4n) is 3.81. The lowest BCUT2D eigenvalue weighted by molar-refractivity contribution is 0.303. The smallest absolute Gasteiger partial charge is 0.251 e. The number of ether oxygens (including phenoxy) is 1. The highest BCUT2D eigenvalue weighted by Gasteiger charge is 2.17. The highest BCUT2D eigenvalue weighted by molar-refractivity contribution is 5.70. The van der Waals surface area contributed by atoms with Crippen molar-refractivity contribution in [2.75, 3.05) is 6.61 Å². The maximum atomic E-state index is 13.2. The SMILES string of the molecule is Cn1cc(OCCCc2nc3cccnc3n2C)c(=O)c(-c2ccnn2-c2ccccc2)n1. The number of pyridine rings is 1. The quantitative estimate of drug-likeness (QED) is 0.361. The zero-order valence-electron chi connectivity index (χ0n) is 18.4. The third-order valence-corrected chi connectivity index (χ3v) is 5.41. The van der Waals surface area contributed by atoms with Crippen LogP contribution in [0.15, 0.2) is 71.9 Å². The minimum absolute atomic E-state index is 0.259. The Kier molecular flexibility index (Phi) is 5.43. The van der Waals surface area contributed by atoms with Gasteiger partial charge in [0, 0.05) is 26.7 Å². The molecular weight excluding hydrogens is 418 g/mol. The second kappa shape index (κ2) is 8.70. The van der Waals surface area contributed by atoms with Crippen LogP contribution >= 0.6 is 0 Å². The lowest BCUT2D eigenvalue weighted by Crippen LogP contribution is -2.18. The van der Waals surface area contributed by atoms with Crippen LogP contribution in [0.5, 0.6) is 5.75 Å². The Labute approximate surface area is 189 Å². The summed E-state index contributed by atoms with van der Waals surface area (Å²) in [6, 6.07) is 15.2. The number of aryl methyl sites for hydroxylation is 3. The van der Waals surface area contributed by atoms with E-state index >= 15 is 0 Å². The summed E-state index contributed by atoms with van der Waals surface area (Å²) >= 11 is 0. The van der Waals surface area contributed by atoms with Crippen molar-refractivity contribution in [3.05, 3.63) is 83.2 Å². The van der Waals surface area contributed by atoms with E-state index in [2.05, 4.69) is 20.2 Å². The van der Waals surface area contributed by atoms with Gasteiger partial charge in [-0.15, -0.1) is 0 Å². The third kappa shape index (κ3) is 4.00. The van der Waals surface area contributed by atoms with Crippen molar-refractivity contribution >= 4 is 11.2 Å². The van der Waals surface area contributed by atoms with Crippen LogP contribution < -0.4 is 10.2 Å². The van der Waals surface area contributed by atoms with Crippen LogP contribution in [0, 0.1) is 0 Å². The van der Waals surface area contributed by atoms with Crippen LogP contribution in [0.2, 0.25) is 0 Å². The number of aromatic nitrogens is 7. The first-order chi connectivity index (χ1) is 16.1. The maximum absolute atomic E-state index is 13.2. The molecule has 9 nitrogen and oxygen atoms in total. The molecule has 33 heavy (non-hydrogen) atoms. The molecule has 9 heteroatoms. The summed E-state index contributed by atoms with van der Waals surface area (Å²) in [4.78, 5) is 22.2. The summed E-state index contributed by atoms with van der Waals surface area (Å²) in [5, 5.41) is 8.79. The number of fused-ring (bicyclic) bond motifs is 1. The molecule has 0 aliphatic carbocycles. The van der Waals surface area contributed by atoms with E-state index < -0.39 is 0 Å². The van der Waals surface area contributed by atoms with Crippen LogP contribution in [0.3, 0.4) is 0 Å². The fourth-order valence-corrected chi connectivity index (χ4v) is 3.81. The van der Waals surface area contributed by atoms with E-state index in [1.807, 2.05) is 54.1 Å². The Balaban J connectivity index is 1.34. The van der Waals surface area contributed by atoms with Gasteiger partial charge in [0.05, 0.1) is 30.4 Å². The van der Waals surface area contributed by atoms with E-state index in [0.717, 1.165) is 22.7 Å². The van der Waals surface area contributed by atoms with Gasteiger partial charge in [-0.2, -0.15) is 10.2 Å². The van der Waals surface area contributed by atoms with E-state index in [1.54, 1.807) is 41.1 Å². The number of imidazole rings is 1. The first kappa shape index (κ1) is 20.6. The molecule has 0 unspecified atom stereocenters. The highest BCUT2D eigenvalue weighted by atomic mass is 16.5. The topological polar surface area (TPSA) is 92.6 Å². The zero-order valence-corrected chi connectivity index (χ0v) is 18.4. The van der Waals surface area contributed by atoms with Gasteiger partial charge in [-0.3, -0.25) is 9.48 Å². The molecule has 0 saturated carbocycles. The van der Waals surface area contributed by atoms with Gasteiger partial charge in [-0.25, -0.2) is 14.6 Å². The van der Waals surface area contributed by atoms with Gasteiger partial charge in [0.2, 0.25) is 0 Å². The Bertz CT molecular complexity index is 1470. The predicted molar refractivity (Wildman–Crippen MR) is 124 cm³/mol. The number of hydrogen-bond acceptors (Lipinski definition) is 6. The van der Waals surface area contributed by atoms with E-state index in [9.17, 15) is 4.79 Å². The molecule has 0 bridgehead atoms. The minimum atomic E-state index is -0.266. The standard InChI is InChI=1S/C24H23N7O2/c1-29-16-20(33-15-7-11-21-27-18-10-6-13-25-24(18)30(21)2)23(32)22(28-29)19-12-14-26-31(19)17-8-4-3-5-9-17/h3-6,8-10,12-14,16H,7,11,15H2,1-2H3. The number of hydrogen-bond donors (Lipinski definition) is 0. The maximum Gasteiger partial charge on any atom is 0.251 e. The van der Waals surface area contributed by atoms with Gasteiger partial charge in [-0.05, 0) is 36.8 Å². The average Bonchev–Trinajstić information content (AvgIpc) is 3.44. The molecule has 0 saturated heterocycles. The number of benzene rings is 1. The highest BCUT2D eigenvalue weighted by Crippen LogP contribution is 2.20. The van der Waals surface area contributed by atoms with Gasteiger partial charge in [0.1, 0.15) is 11.3 Å². The van der Waals surface area contributed by atoms with Crippen molar-refractivity contribution in [1.82, 2.24) is 34.1 Å². The zero-order chi connectivity index (χ0) is 22.8. The summed E-state index contributed by atoms with van der Waals surface area (Å²) in [6.45, 7) is 0.382. The summed E-state index contributed by atoms with van der Waals surface area (Å²) in [5.41, 5.74) is 3.22. The third-order valence-electron chi connectivity index (χ3n) is 5.41. The van der Waals surface area contributed by atoms with Gasteiger partial charge < -0.3 is 9.30 Å². The molecule has 0 atom stereocenters. The van der Waals surface area contributed by atoms with Gasteiger partial charge in [0.15, 0.2) is 17.1 Å². The van der Waals surface area contributed by atoms with E-state index in [4.69, 9.17) is 4.74 Å². The molecule has 0 N–H and O–H groups in total. The van der Waals surface area contributed by atoms with Gasteiger partial charge in [-0.1, -0.05) is 18.2 Å². The molecule has 0 amide bonds. The number of nitrogens with zero attached hydrogens (tertiary/aromatic N) is 7. The average molecular weight is 441 g/mol. The Morgan fingerprint density at radius 1 is 1.00 bits per heavy atom. The summed E-state index contributed by atoms with van der Waals surface area (Å²) in [5.74, 6) is 1.19. The normalized spacial score (nSPS) is 11.2. The molecule has 166 valence electrons. The van der Waals surface area contributed by atoms with Crippen LogP contribution in [-0.4, -0.2) is 40.7 Å². The lowest BCUT2D eigenvalue weighted by atomic mass is 10.2. The second-order valence-corrected chi connectivity index (χ2v) is 7.69. The fraction of sp³-hybridized carbons (Fsp3) is 0.208. The van der Waals surface area contributed by atoms with E-state index in [0.29, 0.717) is 25.1 Å². The first-order valence-electron chi connectivity index (χ1n) is 10.7. The summed E-state index contributed by atoms with van der Waals surface area (Å²) in [7, 11) is 3.73. The molecular formula is C24H23N7O2. The molecule has 5 aromatic rings. The van der Waals surface area contributed by atoms with Crippen molar-refractivity contribution in [2.24, 2.45) is 14.1 Å². The van der Waals surface area contributed by atoms with Crippen molar-refractivity contribution in [1.29, 1.82) is 0 Å². The Morgan fingerprint density at radius 2 is 1.85 bits per heavy atom. The van der Waals surface area contributed by atoms with Gasteiger partial charge >= 0.3 is 0 Å². The van der Waals surface area contributed by atoms with Crippen molar-refractivity contribution < 1.29 is 4.74 Å². The largest absolute Gasteiger partial charge is 0.488 e. The molecule has 5 rings (SSSR count). The van der Waals surface area contributed by atoms with Crippen LogP contribution in [0.4, 0.5) is 0 Å².